The van der Waals surface area contributed by atoms with E-state index in [1.165, 1.54) is 17.3 Å². The third-order valence-corrected chi connectivity index (χ3v) is 7.72. The van der Waals surface area contributed by atoms with Crippen LogP contribution in [0.5, 0.6) is 0 Å². The third kappa shape index (κ3) is 7.11. The van der Waals surface area contributed by atoms with Crippen molar-refractivity contribution < 1.29 is 9.59 Å². The maximum absolute atomic E-state index is 12.9. The minimum absolute atomic E-state index is 0.0983. The Hall–Kier alpha value is -2.36. The van der Waals surface area contributed by atoms with Gasteiger partial charge in [-0.25, -0.2) is 9.97 Å². The van der Waals surface area contributed by atoms with E-state index in [2.05, 4.69) is 51.0 Å². The molecule has 4 rings (SSSR count). The molecule has 0 spiro atoms. The number of piperazine rings is 2. The smallest absolute Gasteiger partial charge is 0.233 e. The van der Waals surface area contributed by atoms with E-state index >= 15 is 0 Å². The van der Waals surface area contributed by atoms with Gasteiger partial charge in [-0.05, 0) is 18.9 Å². The lowest BCUT2D eigenvalue weighted by Gasteiger charge is -2.40. The summed E-state index contributed by atoms with van der Waals surface area (Å²) >= 11 is 7.64. The minimum Gasteiger partial charge on any atom is -0.353 e. The van der Waals surface area contributed by atoms with E-state index in [9.17, 15) is 9.59 Å². The van der Waals surface area contributed by atoms with E-state index in [0.29, 0.717) is 36.4 Å². The topological polar surface area (TPSA) is 72.9 Å². The number of aromatic nitrogens is 2. The summed E-state index contributed by atoms with van der Waals surface area (Å²) in [7, 11) is 0. The Balaban J connectivity index is 1.27. The van der Waals surface area contributed by atoms with Crippen molar-refractivity contribution in [1.82, 2.24) is 24.7 Å². The van der Waals surface area contributed by atoms with Gasteiger partial charge in [0.2, 0.25) is 11.8 Å². The molecule has 2 fully saturated rings. The van der Waals surface area contributed by atoms with Gasteiger partial charge in [0.1, 0.15) is 11.0 Å². The van der Waals surface area contributed by atoms with Crippen LogP contribution in [0.3, 0.4) is 0 Å². The number of hydrogen-bond donors (Lipinski definition) is 0. The van der Waals surface area contributed by atoms with Crippen LogP contribution in [0.2, 0.25) is 5.15 Å². The van der Waals surface area contributed by atoms with Crippen LogP contribution in [0.4, 0.5) is 5.82 Å². The van der Waals surface area contributed by atoms with Crippen LogP contribution < -0.4 is 4.90 Å². The predicted molar refractivity (Wildman–Crippen MR) is 144 cm³/mol. The minimum atomic E-state index is 0.0983. The highest BCUT2D eigenvalue weighted by Crippen LogP contribution is 2.25. The van der Waals surface area contributed by atoms with Gasteiger partial charge in [-0.2, -0.15) is 0 Å². The molecule has 1 aromatic carbocycles. The number of rotatable bonds is 8. The number of carbonyl (C=O) groups excluding carboxylic acids is 2. The Morgan fingerprint density at radius 1 is 1.03 bits per heavy atom. The number of nitrogens with zero attached hydrogens (tertiary/aromatic N) is 6. The monoisotopic (exact) mass is 530 g/mol. The highest BCUT2D eigenvalue weighted by molar-refractivity contribution is 7.99. The molecule has 2 aliphatic rings. The van der Waals surface area contributed by atoms with E-state index in [-0.39, 0.29) is 23.6 Å². The van der Waals surface area contributed by atoms with E-state index in [4.69, 9.17) is 11.6 Å². The molecule has 2 aromatic rings. The third-order valence-electron chi connectivity index (χ3n) is 6.70. The van der Waals surface area contributed by atoms with Crippen LogP contribution in [0.15, 0.2) is 41.6 Å². The molecular weight excluding hydrogens is 496 g/mol. The van der Waals surface area contributed by atoms with Crippen molar-refractivity contribution in [2.75, 3.05) is 56.5 Å². The molecule has 2 saturated heterocycles. The fourth-order valence-corrected chi connectivity index (χ4v) is 5.70. The molecule has 0 N–H and O–H groups in total. The second kappa shape index (κ2) is 12.7. The van der Waals surface area contributed by atoms with Gasteiger partial charge in [0.25, 0.3) is 0 Å². The van der Waals surface area contributed by atoms with E-state index in [1.807, 2.05) is 22.8 Å². The molecule has 194 valence electrons. The van der Waals surface area contributed by atoms with Crippen molar-refractivity contribution in [3.05, 3.63) is 47.1 Å². The first-order chi connectivity index (χ1) is 17.4. The SMILES string of the molecule is CCCC(=O)N1CCN(c2cc(Cl)nc(SCC(=O)N3CCN(Cc4ccccc4)CC3)n2)CC1C. The van der Waals surface area contributed by atoms with Crippen molar-refractivity contribution in [2.24, 2.45) is 0 Å². The Morgan fingerprint density at radius 2 is 1.78 bits per heavy atom. The molecule has 10 heteroatoms. The summed E-state index contributed by atoms with van der Waals surface area (Å²) in [6.07, 6.45) is 1.44. The molecule has 8 nitrogen and oxygen atoms in total. The highest BCUT2D eigenvalue weighted by Gasteiger charge is 2.28. The molecule has 0 radical (unpaired) electrons. The van der Waals surface area contributed by atoms with Crippen molar-refractivity contribution in [3.63, 3.8) is 0 Å². The number of hydrogen-bond acceptors (Lipinski definition) is 7. The predicted octanol–water partition coefficient (Wildman–Crippen LogP) is 3.40. The summed E-state index contributed by atoms with van der Waals surface area (Å²) in [5, 5.41) is 0.868. The van der Waals surface area contributed by atoms with Crippen LogP contribution in [0.1, 0.15) is 32.3 Å². The Morgan fingerprint density at radius 3 is 2.47 bits per heavy atom. The first-order valence-electron chi connectivity index (χ1n) is 12.7. The zero-order valence-corrected chi connectivity index (χ0v) is 22.7. The normalized spacial score (nSPS) is 19.0. The Labute approximate surface area is 223 Å². The number of thioether (sulfide) groups is 1. The molecule has 0 saturated carbocycles. The molecule has 2 aliphatic heterocycles. The maximum atomic E-state index is 12.9. The molecule has 1 aromatic heterocycles. The summed E-state index contributed by atoms with van der Waals surface area (Å²) in [5.41, 5.74) is 1.30. The summed E-state index contributed by atoms with van der Waals surface area (Å²) in [4.78, 5) is 42.6. The number of carbonyl (C=O) groups is 2. The molecular formula is C26H35ClN6O2S. The van der Waals surface area contributed by atoms with Crippen molar-refractivity contribution in [1.29, 1.82) is 0 Å². The second-order valence-electron chi connectivity index (χ2n) is 9.39. The molecule has 0 aliphatic carbocycles. The fourth-order valence-electron chi connectivity index (χ4n) is 4.72. The molecule has 1 unspecified atom stereocenters. The molecule has 2 amide bonds. The van der Waals surface area contributed by atoms with Gasteiger partial charge >= 0.3 is 0 Å². The van der Waals surface area contributed by atoms with E-state index in [0.717, 1.165) is 45.0 Å². The second-order valence-corrected chi connectivity index (χ2v) is 10.7. The maximum Gasteiger partial charge on any atom is 0.233 e. The van der Waals surface area contributed by atoms with E-state index in [1.54, 1.807) is 6.07 Å². The Bertz CT molecular complexity index is 1030. The summed E-state index contributed by atoms with van der Waals surface area (Å²) < 4.78 is 0. The standard InChI is InChI=1S/C26H35ClN6O2S/c1-3-7-24(34)33-15-14-32(17-20(33)2)23-16-22(27)28-26(29-23)36-19-25(35)31-12-10-30(11-13-31)18-21-8-5-4-6-9-21/h4-6,8-9,16,20H,3,7,10-15,17-19H2,1-2H3. The van der Waals surface area contributed by atoms with Crippen molar-refractivity contribution >= 4 is 41.0 Å². The number of halogens is 1. The van der Waals surface area contributed by atoms with Crippen LogP contribution in [0, 0.1) is 0 Å². The fraction of sp³-hybridized carbons (Fsp3) is 0.538. The average Bonchev–Trinajstić information content (AvgIpc) is 2.88. The zero-order chi connectivity index (χ0) is 25.5. The first kappa shape index (κ1) is 26.7. The number of amides is 2. The van der Waals surface area contributed by atoms with Crippen molar-refractivity contribution in [3.8, 4) is 0 Å². The zero-order valence-electron chi connectivity index (χ0n) is 21.1. The quantitative estimate of drug-likeness (QED) is 0.294. The molecule has 3 heterocycles. The largest absolute Gasteiger partial charge is 0.353 e. The number of benzene rings is 1. The van der Waals surface area contributed by atoms with Gasteiger partial charge in [0.05, 0.1) is 5.75 Å². The average molecular weight is 531 g/mol. The van der Waals surface area contributed by atoms with Crippen molar-refractivity contribution in [2.45, 2.75) is 44.4 Å². The summed E-state index contributed by atoms with van der Waals surface area (Å²) in [6.45, 7) is 10.3. The van der Waals surface area contributed by atoms with Gasteiger partial charge in [0, 0.05) is 70.9 Å². The van der Waals surface area contributed by atoms with Gasteiger partial charge in [-0.15, -0.1) is 0 Å². The van der Waals surface area contributed by atoms with Gasteiger partial charge in [-0.1, -0.05) is 60.6 Å². The van der Waals surface area contributed by atoms with Crippen LogP contribution >= 0.6 is 23.4 Å². The number of anilines is 1. The van der Waals surface area contributed by atoms with Gasteiger partial charge < -0.3 is 14.7 Å². The van der Waals surface area contributed by atoms with Gasteiger partial charge in [0.15, 0.2) is 5.16 Å². The van der Waals surface area contributed by atoms with Crippen LogP contribution in [-0.4, -0.2) is 94.1 Å². The Kier molecular flexibility index (Phi) is 9.45. The lowest BCUT2D eigenvalue weighted by Crippen LogP contribution is -2.54. The van der Waals surface area contributed by atoms with Gasteiger partial charge in [-0.3, -0.25) is 14.5 Å². The summed E-state index contributed by atoms with van der Waals surface area (Å²) in [6, 6.07) is 12.3. The van der Waals surface area contributed by atoms with Crippen LogP contribution in [-0.2, 0) is 16.1 Å². The summed E-state index contributed by atoms with van der Waals surface area (Å²) in [5.74, 6) is 1.34. The van der Waals surface area contributed by atoms with E-state index < -0.39 is 0 Å². The first-order valence-corrected chi connectivity index (χ1v) is 14.0. The molecule has 36 heavy (non-hydrogen) atoms. The van der Waals surface area contributed by atoms with Crippen LogP contribution in [0.25, 0.3) is 0 Å². The lowest BCUT2D eigenvalue weighted by molar-refractivity contribution is -0.133. The molecule has 1 atom stereocenters. The lowest BCUT2D eigenvalue weighted by atomic mass is 10.1. The molecule has 0 bridgehead atoms. The highest BCUT2D eigenvalue weighted by atomic mass is 35.5.